The topological polar surface area (TPSA) is 187 Å². The summed E-state index contributed by atoms with van der Waals surface area (Å²) in [7, 11) is 0. The number of nitrogens with one attached hydrogen (secondary N) is 1. The summed E-state index contributed by atoms with van der Waals surface area (Å²) in [5, 5.41) is 18.4. The van der Waals surface area contributed by atoms with Crippen molar-refractivity contribution in [2.24, 2.45) is 5.92 Å². The summed E-state index contributed by atoms with van der Waals surface area (Å²) < 4.78 is 16.5. The summed E-state index contributed by atoms with van der Waals surface area (Å²) in [6, 6.07) is 0. The number of carboxylic acid groups (broad SMARTS) is 2. The largest absolute Gasteiger partial charge is 0.516 e. The maximum Gasteiger partial charge on any atom is 0.516 e. The van der Waals surface area contributed by atoms with E-state index in [9.17, 15) is 9.59 Å². The SMILES string of the molecule is CC(C)(C)Nc1ncc(-c2nc(N3CCOCC3)c3ncn(CC4CCOC4)c3n2)c(C(C)(C)C)n1.O=C(O)OC(=O)O. The van der Waals surface area contributed by atoms with Crippen LogP contribution < -0.4 is 10.2 Å². The summed E-state index contributed by atoms with van der Waals surface area (Å²) in [6.45, 7) is 18.1. The molecule has 43 heavy (non-hydrogen) atoms. The van der Waals surface area contributed by atoms with Crippen LogP contribution in [0.2, 0.25) is 0 Å². The van der Waals surface area contributed by atoms with Crippen LogP contribution in [-0.2, 0) is 26.2 Å². The fourth-order valence-electron chi connectivity index (χ4n) is 4.77. The van der Waals surface area contributed by atoms with Gasteiger partial charge in [0.1, 0.15) is 0 Å². The minimum atomic E-state index is -1.81. The lowest BCUT2D eigenvalue weighted by Crippen LogP contribution is -2.37. The van der Waals surface area contributed by atoms with Crippen molar-refractivity contribution in [2.75, 3.05) is 49.7 Å². The van der Waals surface area contributed by atoms with Crippen LogP contribution in [0.1, 0.15) is 53.7 Å². The molecule has 0 saturated carbocycles. The molecule has 3 aromatic rings. The molecule has 2 saturated heterocycles. The average Bonchev–Trinajstić information content (AvgIpc) is 3.57. The number of hydrogen-bond acceptors (Lipinski definition) is 12. The highest BCUT2D eigenvalue weighted by Gasteiger charge is 2.28. The number of nitrogens with zero attached hydrogens (tertiary/aromatic N) is 7. The third-order valence-electron chi connectivity index (χ3n) is 6.64. The zero-order valence-corrected chi connectivity index (χ0v) is 25.5. The van der Waals surface area contributed by atoms with Crippen LogP contribution in [0.5, 0.6) is 0 Å². The zero-order chi connectivity index (χ0) is 31.4. The summed E-state index contributed by atoms with van der Waals surface area (Å²) in [5.74, 6) is 2.54. The number of aromatic nitrogens is 6. The van der Waals surface area contributed by atoms with Gasteiger partial charge in [-0.15, -0.1) is 0 Å². The standard InChI is InChI=1S/C26H38N8O2.C2H2O5/c1-25(2,3)20-18(13-27-24(29-20)32-26(4,5)6)21-30-22(33-8-11-35-12-9-33)19-23(31-21)34(16-28-19)14-17-7-10-36-15-17;3-1(4)7-2(5)6/h13,16-17H,7-12,14-15H2,1-6H3,(H,27,29,32);(H,3,4)(H,5,6). The van der Waals surface area contributed by atoms with Crippen molar-refractivity contribution in [1.82, 2.24) is 29.5 Å². The van der Waals surface area contributed by atoms with Crippen LogP contribution in [0.15, 0.2) is 12.5 Å². The summed E-state index contributed by atoms with van der Waals surface area (Å²) in [4.78, 5) is 45.2. The molecule has 0 aliphatic carbocycles. The molecule has 5 rings (SSSR count). The number of imidazole rings is 1. The van der Waals surface area contributed by atoms with E-state index >= 15 is 0 Å². The maximum atomic E-state index is 9.21. The molecule has 3 N–H and O–H groups in total. The Kier molecular flexibility index (Phi) is 9.65. The predicted octanol–water partition coefficient (Wildman–Crippen LogP) is 4.02. The Balaban J connectivity index is 0.000000541. The van der Waals surface area contributed by atoms with E-state index in [0.717, 1.165) is 67.5 Å². The molecule has 1 atom stereocenters. The normalized spacial score (nSPS) is 17.3. The molecule has 234 valence electrons. The number of ether oxygens (including phenoxy) is 3. The smallest absolute Gasteiger partial charge is 0.449 e. The third-order valence-corrected chi connectivity index (χ3v) is 6.64. The van der Waals surface area contributed by atoms with Gasteiger partial charge >= 0.3 is 12.3 Å². The van der Waals surface area contributed by atoms with Gasteiger partial charge in [0.05, 0.1) is 37.4 Å². The molecule has 1 unspecified atom stereocenters. The molecule has 5 heterocycles. The lowest BCUT2D eigenvalue weighted by Gasteiger charge is -2.28. The Morgan fingerprint density at radius 2 is 1.70 bits per heavy atom. The number of rotatable bonds is 5. The highest BCUT2D eigenvalue weighted by Crippen LogP contribution is 2.34. The first-order chi connectivity index (χ1) is 20.2. The van der Waals surface area contributed by atoms with Crippen LogP contribution >= 0.6 is 0 Å². The van der Waals surface area contributed by atoms with Crippen molar-refractivity contribution >= 4 is 35.2 Å². The Bertz CT molecular complexity index is 1420. The van der Waals surface area contributed by atoms with E-state index in [1.165, 1.54) is 0 Å². The van der Waals surface area contributed by atoms with Crippen LogP contribution in [-0.4, -0.2) is 97.1 Å². The monoisotopic (exact) mass is 600 g/mol. The van der Waals surface area contributed by atoms with Crippen LogP contribution in [0.3, 0.4) is 0 Å². The van der Waals surface area contributed by atoms with Crippen molar-refractivity contribution in [2.45, 2.75) is 65.5 Å². The summed E-state index contributed by atoms with van der Waals surface area (Å²) in [6.07, 6.45) is 1.18. The molecule has 2 aliphatic heterocycles. The molecule has 0 amide bonds. The quantitative estimate of drug-likeness (QED) is 0.281. The molecule has 0 spiro atoms. The molecule has 2 fully saturated rings. The first kappa shape index (κ1) is 31.8. The molecular weight excluding hydrogens is 560 g/mol. The number of hydrogen-bond donors (Lipinski definition) is 3. The van der Waals surface area contributed by atoms with E-state index in [1.807, 2.05) is 12.5 Å². The van der Waals surface area contributed by atoms with Gasteiger partial charge in [-0.3, -0.25) is 0 Å². The third kappa shape index (κ3) is 8.47. The van der Waals surface area contributed by atoms with Crippen molar-refractivity contribution in [3.05, 3.63) is 18.2 Å². The van der Waals surface area contributed by atoms with Crippen molar-refractivity contribution in [1.29, 1.82) is 0 Å². The van der Waals surface area contributed by atoms with Crippen LogP contribution in [0, 0.1) is 5.92 Å². The molecule has 15 heteroatoms. The fraction of sp³-hybridized carbons (Fsp3) is 0.607. The second kappa shape index (κ2) is 13.0. The van der Waals surface area contributed by atoms with Crippen LogP contribution in [0.4, 0.5) is 21.4 Å². The van der Waals surface area contributed by atoms with Gasteiger partial charge in [0.15, 0.2) is 22.8 Å². The Hall–Kier alpha value is -4.11. The highest BCUT2D eigenvalue weighted by molar-refractivity contribution is 5.86. The predicted molar refractivity (Wildman–Crippen MR) is 158 cm³/mol. The molecular formula is C28H40N8O7. The fourth-order valence-corrected chi connectivity index (χ4v) is 4.77. The molecule has 3 aromatic heterocycles. The minimum absolute atomic E-state index is 0.147. The van der Waals surface area contributed by atoms with E-state index < -0.39 is 12.3 Å². The van der Waals surface area contributed by atoms with Gasteiger partial charge in [-0.25, -0.2) is 34.5 Å². The maximum absolute atomic E-state index is 9.21. The second-order valence-corrected chi connectivity index (χ2v) is 12.5. The number of anilines is 2. The van der Waals surface area contributed by atoms with Gasteiger partial charge in [-0.05, 0) is 27.2 Å². The first-order valence-electron chi connectivity index (χ1n) is 14.1. The average molecular weight is 601 g/mol. The molecule has 0 aromatic carbocycles. The van der Waals surface area contributed by atoms with E-state index in [4.69, 9.17) is 39.6 Å². The number of carbonyl (C=O) groups is 2. The van der Waals surface area contributed by atoms with E-state index in [-0.39, 0.29) is 11.0 Å². The van der Waals surface area contributed by atoms with E-state index in [0.29, 0.717) is 30.9 Å². The highest BCUT2D eigenvalue weighted by atomic mass is 16.7. The van der Waals surface area contributed by atoms with Gasteiger partial charge in [0.2, 0.25) is 5.95 Å². The number of morpholine rings is 1. The Labute approximate surface area is 249 Å². The van der Waals surface area contributed by atoms with Crippen molar-refractivity contribution < 1.29 is 34.0 Å². The summed E-state index contributed by atoms with van der Waals surface area (Å²) >= 11 is 0. The van der Waals surface area contributed by atoms with Gasteiger partial charge in [-0.2, -0.15) is 0 Å². The number of fused-ring (bicyclic) bond motifs is 1. The summed E-state index contributed by atoms with van der Waals surface area (Å²) in [5.41, 5.74) is 3.04. The van der Waals surface area contributed by atoms with Gasteiger partial charge in [0, 0.05) is 49.3 Å². The lowest BCUT2D eigenvalue weighted by atomic mass is 9.88. The second-order valence-electron chi connectivity index (χ2n) is 12.5. The molecule has 15 nitrogen and oxygen atoms in total. The van der Waals surface area contributed by atoms with E-state index in [2.05, 4.69) is 66.0 Å². The van der Waals surface area contributed by atoms with Crippen molar-refractivity contribution in [3.8, 4) is 11.4 Å². The Morgan fingerprint density at radius 3 is 2.26 bits per heavy atom. The molecule has 0 radical (unpaired) electrons. The first-order valence-corrected chi connectivity index (χ1v) is 14.1. The van der Waals surface area contributed by atoms with E-state index in [1.54, 1.807) is 0 Å². The minimum Gasteiger partial charge on any atom is -0.449 e. The van der Waals surface area contributed by atoms with Gasteiger partial charge < -0.3 is 39.2 Å². The zero-order valence-electron chi connectivity index (χ0n) is 25.5. The molecule has 0 bridgehead atoms. The van der Waals surface area contributed by atoms with Crippen LogP contribution in [0.25, 0.3) is 22.6 Å². The molecule has 2 aliphatic rings. The van der Waals surface area contributed by atoms with Gasteiger partial charge in [-0.1, -0.05) is 20.8 Å². The Morgan fingerprint density at radius 1 is 1.00 bits per heavy atom. The van der Waals surface area contributed by atoms with Crippen molar-refractivity contribution in [3.63, 3.8) is 0 Å². The lowest BCUT2D eigenvalue weighted by molar-refractivity contribution is 0.0801. The van der Waals surface area contributed by atoms with Gasteiger partial charge in [0.25, 0.3) is 0 Å².